The van der Waals surface area contributed by atoms with Crippen LogP contribution in [0.25, 0.3) is 0 Å². The van der Waals surface area contributed by atoms with Gasteiger partial charge in [-0.25, -0.2) is 9.68 Å². The average molecular weight is 304 g/mol. The maximum absolute atomic E-state index is 12.0. The molecule has 5 nitrogen and oxygen atoms in total. The van der Waals surface area contributed by atoms with Crippen LogP contribution in [0.2, 0.25) is 0 Å². The molecule has 0 heterocycles. The lowest BCUT2D eigenvalue weighted by Gasteiger charge is -2.28. The van der Waals surface area contributed by atoms with Gasteiger partial charge < -0.3 is 0 Å². The minimum absolute atomic E-state index is 0.0991. The third-order valence-electron chi connectivity index (χ3n) is 3.66. The van der Waals surface area contributed by atoms with Gasteiger partial charge in [0, 0.05) is 0 Å². The molecule has 1 N–H and O–H groups in total. The first-order valence-electron chi connectivity index (χ1n) is 7.89. The molecule has 0 aromatic rings. The Bertz CT molecular complexity index is 299. The Morgan fingerprint density at radius 3 is 2.14 bits per heavy atom. The van der Waals surface area contributed by atoms with E-state index >= 15 is 0 Å². The van der Waals surface area contributed by atoms with Crippen LogP contribution in [-0.4, -0.2) is 22.4 Å². The zero-order valence-electron chi connectivity index (χ0n) is 14.4. The standard InChI is InChI=1S/C16H32O5/c1-7-9-10-13(8-2)14(17)19-21-16(5,6)12-11-15(3,4)20-18/h13,18H,7-12H2,1-6H3. The molecule has 0 radical (unpaired) electrons. The van der Waals surface area contributed by atoms with Crippen molar-refractivity contribution in [3.63, 3.8) is 0 Å². The van der Waals surface area contributed by atoms with E-state index in [1.807, 2.05) is 20.8 Å². The summed E-state index contributed by atoms with van der Waals surface area (Å²) in [7, 11) is 0. The van der Waals surface area contributed by atoms with Gasteiger partial charge in [0.25, 0.3) is 0 Å². The van der Waals surface area contributed by atoms with Gasteiger partial charge in [0.15, 0.2) is 0 Å². The van der Waals surface area contributed by atoms with E-state index in [-0.39, 0.29) is 11.9 Å². The predicted octanol–water partition coefficient (Wildman–Crippen LogP) is 4.50. The molecule has 0 aromatic heterocycles. The van der Waals surface area contributed by atoms with Gasteiger partial charge >= 0.3 is 5.97 Å². The molecule has 0 saturated heterocycles. The summed E-state index contributed by atoms with van der Waals surface area (Å²) >= 11 is 0. The van der Waals surface area contributed by atoms with Crippen molar-refractivity contribution >= 4 is 5.97 Å². The fraction of sp³-hybridized carbons (Fsp3) is 0.938. The van der Waals surface area contributed by atoms with Crippen LogP contribution in [0.15, 0.2) is 0 Å². The zero-order chi connectivity index (χ0) is 16.5. The number of carbonyl (C=O) groups excluding carboxylic acids is 1. The van der Waals surface area contributed by atoms with Crippen molar-refractivity contribution in [2.24, 2.45) is 5.92 Å². The second-order valence-corrected chi connectivity index (χ2v) is 6.84. The first kappa shape index (κ1) is 20.3. The van der Waals surface area contributed by atoms with E-state index in [1.54, 1.807) is 13.8 Å². The predicted molar refractivity (Wildman–Crippen MR) is 81.6 cm³/mol. The van der Waals surface area contributed by atoms with Crippen molar-refractivity contribution in [1.82, 2.24) is 0 Å². The molecule has 0 spiro atoms. The van der Waals surface area contributed by atoms with Gasteiger partial charge in [-0.05, 0) is 53.4 Å². The summed E-state index contributed by atoms with van der Waals surface area (Å²) in [6.45, 7) is 11.3. The van der Waals surface area contributed by atoms with Crippen molar-refractivity contribution in [3.05, 3.63) is 0 Å². The van der Waals surface area contributed by atoms with Gasteiger partial charge in [0.1, 0.15) is 5.60 Å². The van der Waals surface area contributed by atoms with E-state index in [0.29, 0.717) is 12.8 Å². The fourth-order valence-electron chi connectivity index (χ4n) is 1.85. The van der Waals surface area contributed by atoms with E-state index in [0.717, 1.165) is 25.7 Å². The third kappa shape index (κ3) is 9.06. The lowest BCUT2D eigenvalue weighted by atomic mass is 9.94. The van der Waals surface area contributed by atoms with E-state index in [9.17, 15) is 4.79 Å². The molecule has 126 valence electrons. The Morgan fingerprint density at radius 1 is 1.10 bits per heavy atom. The quantitative estimate of drug-likeness (QED) is 0.449. The normalized spacial score (nSPS) is 14.0. The Hall–Kier alpha value is -0.650. The minimum atomic E-state index is -0.641. The first-order chi connectivity index (χ1) is 9.67. The highest BCUT2D eigenvalue weighted by Gasteiger charge is 2.29. The van der Waals surface area contributed by atoms with Crippen LogP contribution in [0, 0.1) is 5.92 Å². The second kappa shape index (κ2) is 9.38. The van der Waals surface area contributed by atoms with E-state index in [2.05, 4.69) is 11.8 Å². The molecule has 0 bridgehead atoms. The molecule has 5 heteroatoms. The Morgan fingerprint density at radius 2 is 1.67 bits per heavy atom. The van der Waals surface area contributed by atoms with Gasteiger partial charge in [-0.3, -0.25) is 10.1 Å². The van der Waals surface area contributed by atoms with Crippen LogP contribution in [0.4, 0.5) is 0 Å². The van der Waals surface area contributed by atoms with E-state index in [4.69, 9.17) is 15.0 Å². The van der Waals surface area contributed by atoms with Crippen LogP contribution >= 0.6 is 0 Å². The van der Waals surface area contributed by atoms with Crippen molar-refractivity contribution in [2.45, 2.75) is 91.3 Å². The van der Waals surface area contributed by atoms with E-state index < -0.39 is 11.2 Å². The minimum Gasteiger partial charge on any atom is -0.298 e. The summed E-state index contributed by atoms with van der Waals surface area (Å²) in [5.41, 5.74) is -1.26. The molecule has 0 aliphatic rings. The molecular weight excluding hydrogens is 272 g/mol. The summed E-state index contributed by atoms with van der Waals surface area (Å²) < 4.78 is 0. The second-order valence-electron chi connectivity index (χ2n) is 6.84. The number of rotatable bonds is 11. The van der Waals surface area contributed by atoms with Gasteiger partial charge in [0.2, 0.25) is 0 Å². The molecule has 21 heavy (non-hydrogen) atoms. The van der Waals surface area contributed by atoms with Crippen molar-refractivity contribution in [2.75, 3.05) is 0 Å². The summed E-state index contributed by atoms with van der Waals surface area (Å²) in [4.78, 5) is 26.7. The molecule has 0 aliphatic carbocycles. The molecule has 0 saturated carbocycles. The summed E-state index contributed by atoms with van der Waals surface area (Å²) in [6.07, 6.45) is 4.85. The number of carbonyl (C=O) groups is 1. The fourth-order valence-corrected chi connectivity index (χ4v) is 1.85. The van der Waals surface area contributed by atoms with Crippen molar-refractivity contribution in [3.8, 4) is 0 Å². The van der Waals surface area contributed by atoms with Crippen molar-refractivity contribution < 1.29 is 24.7 Å². The number of unbranched alkanes of at least 4 members (excludes halogenated alkanes) is 1. The largest absolute Gasteiger partial charge is 0.345 e. The molecule has 0 amide bonds. The molecule has 0 rings (SSSR count). The van der Waals surface area contributed by atoms with Gasteiger partial charge in [0.05, 0.1) is 11.5 Å². The van der Waals surface area contributed by atoms with Crippen LogP contribution < -0.4 is 0 Å². The molecule has 0 fully saturated rings. The zero-order valence-corrected chi connectivity index (χ0v) is 14.4. The van der Waals surface area contributed by atoms with Gasteiger partial charge in [-0.2, -0.15) is 4.89 Å². The van der Waals surface area contributed by atoms with Crippen LogP contribution in [0.3, 0.4) is 0 Å². The summed E-state index contributed by atoms with van der Waals surface area (Å²) in [6, 6.07) is 0. The molecule has 0 aliphatic heterocycles. The summed E-state index contributed by atoms with van der Waals surface area (Å²) in [5.74, 6) is -0.394. The van der Waals surface area contributed by atoms with Crippen LogP contribution in [0.1, 0.15) is 80.1 Å². The lowest BCUT2D eigenvalue weighted by molar-refractivity contribution is -0.339. The number of hydrogen-bond donors (Lipinski definition) is 1. The maximum Gasteiger partial charge on any atom is 0.345 e. The highest BCUT2D eigenvalue weighted by Crippen LogP contribution is 2.25. The maximum atomic E-state index is 12.0. The smallest absolute Gasteiger partial charge is 0.298 e. The SMILES string of the molecule is CCCCC(CC)C(=O)OOC(C)(C)CCC(C)(C)OO. The van der Waals surface area contributed by atoms with Crippen molar-refractivity contribution in [1.29, 1.82) is 0 Å². The molecule has 1 atom stereocenters. The molecule has 0 aromatic carbocycles. The summed E-state index contributed by atoms with van der Waals surface area (Å²) in [5, 5.41) is 8.77. The molecular formula is C16H32O5. The Balaban J connectivity index is 4.24. The van der Waals surface area contributed by atoms with Gasteiger partial charge in [-0.15, -0.1) is 0 Å². The third-order valence-corrected chi connectivity index (χ3v) is 3.66. The topological polar surface area (TPSA) is 65.0 Å². The first-order valence-corrected chi connectivity index (χ1v) is 7.89. The Labute approximate surface area is 128 Å². The monoisotopic (exact) mass is 304 g/mol. The van der Waals surface area contributed by atoms with Crippen LogP contribution in [0.5, 0.6) is 0 Å². The number of hydrogen-bond acceptors (Lipinski definition) is 5. The highest BCUT2D eigenvalue weighted by molar-refractivity contribution is 5.71. The van der Waals surface area contributed by atoms with Gasteiger partial charge in [-0.1, -0.05) is 26.7 Å². The Kier molecular flexibility index (Phi) is 9.09. The average Bonchev–Trinajstić information content (AvgIpc) is 2.44. The highest BCUT2D eigenvalue weighted by atomic mass is 17.2. The van der Waals surface area contributed by atoms with E-state index in [1.165, 1.54) is 0 Å². The molecule has 1 unspecified atom stereocenters. The van der Waals surface area contributed by atoms with Crippen LogP contribution in [-0.2, 0) is 19.5 Å². The lowest BCUT2D eigenvalue weighted by Crippen LogP contribution is -2.32.